The van der Waals surface area contributed by atoms with Gasteiger partial charge in [-0.3, -0.25) is 18.9 Å². The van der Waals surface area contributed by atoms with E-state index in [9.17, 15) is 23.8 Å². The lowest BCUT2D eigenvalue weighted by Gasteiger charge is -2.18. The minimum Gasteiger partial charge on any atom is -0.457 e. The molecule has 2 heterocycles. The molecule has 1 aromatic heterocycles. The Morgan fingerprint density at radius 3 is 1.92 bits per heavy atom. The minimum absolute atomic E-state index is 0. The Bertz CT molecular complexity index is 1250. The van der Waals surface area contributed by atoms with Crippen molar-refractivity contribution >= 4 is 13.3 Å². The van der Waals surface area contributed by atoms with Crippen molar-refractivity contribution in [3.8, 4) is 0 Å². The molecule has 15 heteroatoms. The summed E-state index contributed by atoms with van der Waals surface area (Å²) in [6.07, 6.45) is 24.6. The van der Waals surface area contributed by atoms with E-state index in [0.29, 0.717) is 6.42 Å². The van der Waals surface area contributed by atoms with Crippen LogP contribution in [0.4, 0.5) is 4.79 Å². The Hall–Kier alpha value is -2.47. The minimum atomic E-state index is -4.79. The van der Waals surface area contributed by atoms with E-state index in [4.69, 9.17) is 19.5 Å². The number of carbonyl (C=O) groups is 1. The number of rotatable bonds is 27. The van der Waals surface area contributed by atoms with Crippen molar-refractivity contribution in [1.82, 2.24) is 15.7 Å². The van der Waals surface area contributed by atoms with Gasteiger partial charge in [-0.1, -0.05) is 134 Å². The van der Waals surface area contributed by atoms with Gasteiger partial charge in [0.2, 0.25) is 0 Å². The van der Waals surface area contributed by atoms with Crippen LogP contribution >= 0.6 is 7.60 Å². The summed E-state index contributed by atoms with van der Waals surface area (Å²) in [5, 5.41) is 3.63. The predicted octanol–water partition coefficient (Wildman–Crippen LogP) is 9.13. The van der Waals surface area contributed by atoms with Crippen LogP contribution in [-0.4, -0.2) is 45.5 Å². The van der Waals surface area contributed by atoms with E-state index < -0.39 is 49.5 Å². The van der Waals surface area contributed by atoms with E-state index in [1.165, 1.54) is 116 Å². The molecule has 0 spiro atoms. The van der Waals surface area contributed by atoms with E-state index in [-0.39, 0.29) is 24.7 Å². The summed E-state index contributed by atoms with van der Waals surface area (Å²) in [6, 6.07) is -0.838. The van der Waals surface area contributed by atoms with E-state index in [1.807, 2.05) is 0 Å². The van der Waals surface area contributed by atoms with Gasteiger partial charge >= 0.3 is 19.0 Å². The fraction of sp³-hybridized carbons (Fsp3) is 0.848. The predicted molar refractivity (Wildman–Crippen MR) is 188 cm³/mol. The average molecular weight is 701 g/mol. The number of ether oxygens (including phenoxy) is 2. The highest BCUT2D eigenvalue weighted by Crippen LogP contribution is 2.45. The summed E-state index contributed by atoms with van der Waals surface area (Å²) >= 11 is 0. The summed E-state index contributed by atoms with van der Waals surface area (Å²) in [6.45, 7) is 3.26. The van der Waals surface area contributed by atoms with Gasteiger partial charge in [0.05, 0.1) is 25.4 Å². The third kappa shape index (κ3) is 17.3. The van der Waals surface area contributed by atoms with Crippen molar-refractivity contribution in [1.29, 1.82) is 0 Å². The van der Waals surface area contributed by atoms with Gasteiger partial charge in [0, 0.05) is 23.1 Å². The fourth-order valence-electron chi connectivity index (χ4n) is 5.85. The van der Waals surface area contributed by atoms with Gasteiger partial charge in [-0.25, -0.2) is 14.2 Å². The molecule has 5 N–H and O–H groups in total. The van der Waals surface area contributed by atoms with Crippen molar-refractivity contribution < 1.29 is 28.3 Å². The number of carbonyl (C=O) groups excluding carboxylic acids is 1. The van der Waals surface area contributed by atoms with Gasteiger partial charge in [-0.15, -0.1) is 0 Å². The topological polar surface area (TPSA) is 221 Å². The molecule has 276 valence electrons. The van der Waals surface area contributed by atoms with Gasteiger partial charge < -0.3 is 20.5 Å². The van der Waals surface area contributed by atoms with E-state index in [0.717, 1.165) is 23.8 Å². The Morgan fingerprint density at radius 1 is 0.958 bits per heavy atom. The second-order valence-corrected chi connectivity index (χ2v) is 14.4. The fourth-order valence-corrected chi connectivity index (χ4v) is 6.56. The number of aryl methyl sites for hydroxylation is 1. The maximum absolute atomic E-state index is 12.5. The second-order valence-electron chi connectivity index (χ2n) is 12.8. The number of unbranched alkanes of at least 4 members (excludes halogenated alkanes) is 19. The van der Waals surface area contributed by atoms with Crippen LogP contribution in [-0.2, 0) is 18.6 Å². The quantitative estimate of drug-likeness (QED) is 0.0261. The average Bonchev–Trinajstić information content (AvgIpc) is 3.44. The highest BCUT2D eigenvalue weighted by molar-refractivity contribution is 7.70. The van der Waals surface area contributed by atoms with Crippen LogP contribution < -0.4 is 17.4 Å². The largest absolute Gasteiger partial charge is 0.457 e. The van der Waals surface area contributed by atoms with Crippen molar-refractivity contribution in [2.75, 3.05) is 13.2 Å². The number of aromatic nitrogens is 2. The number of hydrogen-bond donors (Lipinski definition) is 3. The lowest BCUT2D eigenvalue weighted by atomic mass is 10.0. The third-order valence-corrected chi connectivity index (χ3v) is 9.82. The van der Waals surface area contributed by atoms with E-state index in [1.54, 1.807) is 0 Å². The lowest BCUT2D eigenvalue weighted by molar-refractivity contribution is -0.0239. The molecule has 0 saturated carbocycles. The molecule has 4 atom stereocenters. The highest BCUT2D eigenvalue weighted by atomic mass is 31.2. The number of nitrogens with zero attached hydrogens (tertiary/aromatic N) is 4. The zero-order chi connectivity index (χ0) is 34.3. The first-order valence-corrected chi connectivity index (χ1v) is 19.4. The molecule has 0 amide bonds. The van der Waals surface area contributed by atoms with Crippen LogP contribution in [0.1, 0.15) is 154 Å². The van der Waals surface area contributed by atoms with Crippen molar-refractivity contribution in [2.24, 2.45) is 5.11 Å². The Morgan fingerprint density at radius 2 is 1.44 bits per heavy atom. The Kier molecular flexibility index (Phi) is 23.1. The van der Waals surface area contributed by atoms with Crippen LogP contribution in [0.25, 0.3) is 10.4 Å². The van der Waals surface area contributed by atoms with Crippen molar-refractivity contribution in [3.63, 3.8) is 0 Å². The molecule has 1 aliphatic rings. The van der Waals surface area contributed by atoms with E-state index >= 15 is 0 Å². The van der Waals surface area contributed by atoms with Crippen LogP contribution in [0, 0.1) is 6.92 Å². The molecule has 2 unspecified atom stereocenters. The lowest BCUT2D eigenvalue weighted by Crippen LogP contribution is -2.33. The third-order valence-electron chi connectivity index (χ3n) is 8.73. The van der Waals surface area contributed by atoms with Crippen molar-refractivity contribution in [3.05, 3.63) is 43.0 Å². The van der Waals surface area contributed by atoms with E-state index in [2.05, 4.69) is 21.9 Å². The van der Waals surface area contributed by atoms with Crippen LogP contribution in [0.5, 0.6) is 0 Å². The number of azide groups is 1. The zero-order valence-corrected chi connectivity index (χ0v) is 30.2. The summed E-state index contributed by atoms with van der Waals surface area (Å²) in [4.78, 5) is 51.2. The van der Waals surface area contributed by atoms with Crippen LogP contribution in [0.3, 0.4) is 0 Å². The molecule has 14 nitrogen and oxygen atoms in total. The maximum Gasteiger partial charge on any atom is 0.435 e. The molecule has 2 rings (SSSR count). The maximum atomic E-state index is 12.5. The SMILES string of the molecule is CCCCCCCCCCCCCCCCCCCCCCOC(=O)P(=O)(O)OC[C@H]1O[C@@H](n2cc(C)c(=O)[nH]c2=O)CC1N=[N+]=[N-].N. The first-order chi connectivity index (χ1) is 22.7. The highest BCUT2D eigenvalue weighted by Gasteiger charge is 2.40. The van der Waals surface area contributed by atoms with Crippen molar-refractivity contribution in [2.45, 2.75) is 167 Å². The molecule has 48 heavy (non-hydrogen) atoms. The molecular weight excluding hydrogens is 639 g/mol. The zero-order valence-electron chi connectivity index (χ0n) is 29.3. The smallest absolute Gasteiger partial charge is 0.435 e. The molecule has 0 radical (unpaired) electrons. The molecule has 0 aliphatic carbocycles. The number of aromatic amines is 1. The summed E-state index contributed by atoms with van der Waals surface area (Å²) < 4.78 is 29.3. The van der Waals surface area contributed by atoms with Gasteiger partial charge in [0.1, 0.15) is 6.23 Å². The Balaban J connectivity index is 0.0000115. The molecule has 1 aliphatic heterocycles. The van der Waals surface area contributed by atoms with Crippen LogP contribution in [0.2, 0.25) is 0 Å². The Labute approximate surface area is 285 Å². The normalized spacial score (nSPS) is 18.5. The standard InChI is InChI=1S/C33H58N5O8P.H3N/c1-3-4-5-6-7-8-9-10-11-12-13-14-15-16-17-18-19-20-21-22-23-44-33(41)47(42,43)45-26-29-28(36-37-34)24-30(46-29)38-25-27(2)31(39)35-32(38)40;/h25,28-30H,3-24,26H2,1-2H3,(H,42,43)(H,35,39,40);1H3/t28?,29-,30-;/m1./s1. The summed E-state index contributed by atoms with van der Waals surface area (Å²) in [5.41, 5.74) is 6.59. The van der Waals surface area contributed by atoms with Gasteiger partial charge in [0.15, 0.2) is 0 Å². The van der Waals surface area contributed by atoms with Gasteiger partial charge in [-0.2, -0.15) is 0 Å². The summed E-state index contributed by atoms with van der Waals surface area (Å²) in [7, 11) is -4.79. The van der Waals surface area contributed by atoms with Gasteiger partial charge in [-0.05, 0) is 18.9 Å². The number of hydrogen-bond acceptors (Lipinski definition) is 9. The molecule has 0 aromatic carbocycles. The molecule has 1 aromatic rings. The first-order valence-electron chi connectivity index (χ1n) is 17.9. The first kappa shape index (κ1) is 43.6. The molecule has 1 saturated heterocycles. The monoisotopic (exact) mass is 700 g/mol. The molecule has 1 fully saturated rings. The van der Waals surface area contributed by atoms with Gasteiger partial charge in [0.25, 0.3) is 5.56 Å². The molecular formula is C33H61N6O8P. The number of H-pyrrole nitrogens is 1. The number of nitrogens with one attached hydrogen (secondary N) is 1. The molecule has 0 bridgehead atoms. The second kappa shape index (κ2) is 25.5. The summed E-state index contributed by atoms with van der Waals surface area (Å²) in [5.74, 6) is 0. The van der Waals surface area contributed by atoms with Crippen LogP contribution in [0.15, 0.2) is 20.9 Å².